The van der Waals surface area contributed by atoms with E-state index in [4.69, 9.17) is 9.15 Å². The molecule has 0 spiro atoms. The van der Waals surface area contributed by atoms with Crippen molar-refractivity contribution in [2.75, 3.05) is 6.54 Å². The summed E-state index contributed by atoms with van der Waals surface area (Å²) >= 11 is 0. The number of aromatic nitrogens is 3. The van der Waals surface area contributed by atoms with E-state index in [0.717, 1.165) is 17.2 Å². The molecule has 3 aromatic rings. The molecular formula is C17H16N4O3. The minimum absolute atomic E-state index is 0.0621. The molecule has 7 nitrogen and oxygen atoms in total. The monoisotopic (exact) mass is 324 g/mol. The number of carbonyl (C=O) groups excluding carboxylic acids is 1. The van der Waals surface area contributed by atoms with Crippen molar-refractivity contribution in [2.24, 2.45) is 0 Å². The minimum Gasteiger partial charge on any atom is -0.484 e. The smallest absolute Gasteiger partial charge is 0.257 e. The Bertz CT molecular complexity index is 827. The van der Waals surface area contributed by atoms with Crippen molar-refractivity contribution >= 4 is 5.91 Å². The molecule has 0 saturated heterocycles. The fourth-order valence-corrected chi connectivity index (χ4v) is 2.70. The number of benzene rings is 1. The highest BCUT2D eigenvalue weighted by atomic mass is 16.5. The summed E-state index contributed by atoms with van der Waals surface area (Å²) in [4.78, 5) is 18.6. The van der Waals surface area contributed by atoms with Crippen LogP contribution in [0, 0.1) is 0 Å². The molecular weight excluding hydrogens is 308 g/mol. The number of carbonyl (C=O) groups is 1. The van der Waals surface area contributed by atoms with Gasteiger partial charge in [-0.3, -0.25) is 9.89 Å². The maximum Gasteiger partial charge on any atom is 0.257 e. The van der Waals surface area contributed by atoms with E-state index in [0.29, 0.717) is 31.0 Å². The molecule has 0 unspecified atom stereocenters. The Balaban J connectivity index is 1.43. The first-order chi connectivity index (χ1) is 11.8. The van der Waals surface area contributed by atoms with Gasteiger partial charge in [-0.2, -0.15) is 5.10 Å². The maximum atomic E-state index is 12.4. The van der Waals surface area contributed by atoms with E-state index in [9.17, 15) is 4.79 Å². The Labute approximate surface area is 138 Å². The van der Waals surface area contributed by atoms with Crippen molar-refractivity contribution < 1.29 is 13.9 Å². The lowest BCUT2D eigenvalue weighted by molar-refractivity contribution is 0.0718. The molecule has 0 radical (unpaired) electrons. The van der Waals surface area contributed by atoms with Gasteiger partial charge in [-0.05, 0) is 12.1 Å². The molecule has 0 fully saturated rings. The highest BCUT2D eigenvalue weighted by Crippen LogP contribution is 2.22. The van der Waals surface area contributed by atoms with Crippen LogP contribution in [0.2, 0.25) is 0 Å². The largest absolute Gasteiger partial charge is 0.484 e. The van der Waals surface area contributed by atoms with Gasteiger partial charge in [-0.15, -0.1) is 0 Å². The molecule has 0 saturated carbocycles. The molecule has 1 aliphatic rings. The van der Waals surface area contributed by atoms with Crippen LogP contribution in [-0.4, -0.2) is 32.5 Å². The number of hydrogen-bond acceptors (Lipinski definition) is 5. The van der Waals surface area contributed by atoms with Crippen molar-refractivity contribution in [3.05, 3.63) is 65.6 Å². The number of para-hydroxylation sites is 1. The second-order valence-corrected chi connectivity index (χ2v) is 5.54. The summed E-state index contributed by atoms with van der Waals surface area (Å²) in [6.07, 6.45) is 3.79. The van der Waals surface area contributed by atoms with Gasteiger partial charge in [0, 0.05) is 19.2 Å². The summed E-state index contributed by atoms with van der Waals surface area (Å²) in [5.74, 6) is 1.96. The van der Waals surface area contributed by atoms with Crippen molar-refractivity contribution in [3.8, 4) is 5.75 Å². The van der Waals surface area contributed by atoms with Crippen LogP contribution in [-0.2, 0) is 19.6 Å². The van der Waals surface area contributed by atoms with Crippen LogP contribution < -0.4 is 4.74 Å². The topological polar surface area (TPSA) is 84.2 Å². The number of hydrogen-bond donors (Lipinski definition) is 1. The average Bonchev–Trinajstić information content (AvgIpc) is 3.29. The molecule has 3 heterocycles. The number of nitrogens with zero attached hydrogens (tertiary/aromatic N) is 3. The highest BCUT2D eigenvalue weighted by Gasteiger charge is 2.26. The third-order valence-electron chi connectivity index (χ3n) is 3.91. The second kappa shape index (κ2) is 6.19. The molecule has 1 aromatic carbocycles. The van der Waals surface area contributed by atoms with E-state index in [2.05, 4.69) is 15.2 Å². The van der Waals surface area contributed by atoms with Gasteiger partial charge in [0.2, 0.25) is 5.89 Å². The van der Waals surface area contributed by atoms with Gasteiger partial charge >= 0.3 is 0 Å². The van der Waals surface area contributed by atoms with E-state index >= 15 is 0 Å². The van der Waals surface area contributed by atoms with Crippen molar-refractivity contribution in [3.63, 3.8) is 0 Å². The number of rotatable bonds is 4. The van der Waals surface area contributed by atoms with Gasteiger partial charge in [0.05, 0.1) is 24.0 Å². The number of H-pyrrole nitrogens is 1. The zero-order chi connectivity index (χ0) is 16.4. The lowest BCUT2D eigenvalue weighted by atomic mass is 10.1. The first-order valence-corrected chi connectivity index (χ1v) is 7.73. The predicted octanol–water partition coefficient (Wildman–Crippen LogP) is 2.18. The fraction of sp³-hybridized carbons (Fsp3) is 0.235. The summed E-state index contributed by atoms with van der Waals surface area (Å²) in [6.45, 7) is 1.30. The Kier molecular flexibility index (Phi) is 3.74. The standard InChI is InChI=1S/C17H16N4O3/c22-17(12-8-18-19-9-12)21-7-6-14-15(10-21)24-16(20-14)11-23-13-4-2-1-3-5-13/h1-5,8-9H,6-7,10-11H2,(H,18,19). The molecule has 1 amide bonds. The summed E-state index contributed by atoms with van der Waals surface area (Å²) in [7, 11) is 0. The molecule has 0 aliphatic carbocycles. The lowest BCUT2D eigenvalue weighted by Gasteiger charge is -2.24. The molecule has 122 valence electrons. The van der Waals surface area contributed by atoms with Gasteiger partial charge in [0.25, 0.3) is 5.91 Å². The predicted molar refractivity (Wildman–Crippen MR) is 84.3 cm³/mol. The number of ether oxygens (including phenoxy) is 1. The van der Waals surface area contributed by atoms with Crippen molar-refractivity contribution in [2.45, 2.75) is 19.6 Å². The number of aromatic amines is 1. The first-order valence-electron chi connectivity index (χ1n) is 7.73. The second-order valence-electron chi connectivity index (χ2n) is 5.54. The zero-order valence-corrected chi connectivity index (χ0v) is 12.9. The van der Waals surface area contributed by atoms with E-state index < -0.39 is 0 Å². The number of nitrogens with one attached hydrogen (secondary N) is 1. The van der Waals surface area contributed by atoms with Crippen LogP contribution in [0.4, 0.5) is 0 Å². The summed E-state index contributed by atoms with van der Waals surface area (Å²) < 4.78 is 11.4. The molecule has 0 atom stereocenters. The zero-order valence-electron chi connectivity index (χ0n) is 12.9. The van der Waals surface area contributed by atoms with Crippen molar-refractivity contribution in [1.82, 2.24) is 20.1 Å². The van der Waals surface area contributed by atoms with Crippen LogP contribution >= 0.6 is 0 Å². The highest BCUT2D eigenvalue weighted by molar-refractivity contribution is 5.93. The van der Waals surface area contributed by atoms with Crippen LogP contribution in [0.3, 0.4) is 0 Å². The molecule has 1 aliphatic heterocycles. The van der Waals surface area contributed by atoms with Crippen LogP contribution in [0.15, 0.2) is 47.1 Å². The number of amides is 1. The lowest BCUT2D eigenvalue weighted by Crippen LogP contribution is -2.35. The quantitative estimate of drug-likeness (QED) is 0.795. The normalized spacial score (nSPS) is 13.6. The van der Waals surface area contributed by atoms with Gasteiger partial charge in [-0.1, -0.05) is 18.2 Å². The van der Waals surface area contributed by atoms with E-state index in [-0.39, 0.29) is 12.5 Å². The van der Waals surface area contributed by atoms with Gasteiger partial charge in [-0.25, -0.2) is 4.98 Å². The van der Waals surface area contributed by atoms with E-state index in [1.165, 1.54) is 6.20 Å². The summed E-state index contributed by atoms with van der Waals surface area (Å²) in [5.41, 5.74) is 1.45. The molecule has 7 heteroatoms. The van der Waals surface area contributed by atoms with Crippen LogP contribution in [0.1, 0.15) is 27.7 Å². The van der Waals surface area contributed by atoms with Crippen LogP contribution in [0.5, 0.6) is 5.75 Å². The third-order valence-corrected chi connectivity index (χ3v) is 3.91. The van der Waals surface area contributed by atoms with Gasteiger partial charge < -0.3 is 14.1 Å². The van der Waals surface area contributed by atoms with E-state index in [1.807, 2.05) is 30.3 Å². The molecule has 24 heavy (non-hydrogen) atoms. The van der Waals surface area contributed by atoms with Gasteiger partial charge in [0.1, 0.15) is 11.5 Å². The Morgan fingerprint density at radius 2 is 2.21 bits per heavy atom. The molecule has 1 N–H and O–H groups in total. The van der Waals surface area contributed by atoms with E-state index in [1.54, 1.807) is 11.1 Å². The third kappa shape index (κ3) is 2.88. The molecule has 2 aromatic heterocycles. The summed E-state index contributed by atoms with van der Waals surface area (Å²) in [6, 6.07) is 9.52. The maximum absolute atomic E-state index is 12.4. The minimum atomic E-state index is -0.0621. The molecule has 4 rings (SSSR count). The average molecular weight is 324 g/mol. The number of fused-ring (bicyclic) bond motifs is 1. The van der Waals surface area contributed by atoms with Crippen molar-refractivity contribution in [1.29, 1.82) is 0 Å². The van der Waals surface area contributed by atoms with Gasteiger partial charge in [0.15, 0.2) is 6.61 Å². The Hall–Kier alpha value is -3.09. The van der Waals surface area contributed by atoms with Crippen LogP contribution in [0.25, 0.3) is 0 Å². The SMILES string of the molecule is O=C(c1cn[nH]c1)N1CCc2nc(COc3ccccc3)oc2C1. The first kappa shape index (κ1) is 14.5. The molecule has 0 bridgehead atoms. The fourth-order valence-electron chi connectivity index (χ4n) is 2.70. The Morgan fingerprint density at radius 1 is 1.33 bits per heavy atom. The summed E-state index contributed by atoms with van der Waals surface area (Å²) in [5, 5.41) is 6.47. The number of oxazole rings is 1. The Morgan fingerprint density at radius 3 is 3.00 bits per heavy atom.